The third-order valence-corrected chi connectivity index (χ3v) is 3.09. The van der Waals surface area contributed by atoms with E-state index < -0.39 is 4.92 Å². The number of nitrogens with one attached hydrogen (secondary N) is 1. The van der Waals surface area contributed by atoms with Gasteiger partial charge in [0.05, 0.1) is 4.92 Å². The van der Waals surface area contributed by atoms with E-state index in [2.05, 4.69) is 15.4 Å². The highest BCUT2D eigenvalue weighted by atomic mass is 16.6. The maximum Gasteiger partial charge on any atom is 0.269 e. The summed E-state index contributed by atoms with van der Waals surface area (Å²) in [6.45, 7) is 0.661. The molecule has 0 unspecified atom stereocenters. The van der Waals surface area contributed by atoms with Gasteiger partial charge in [-0.05, 0) is 24.1 Å². The van der Waals surface area contributed by atoms with E-state index >= 15 is 0 Å². The van der Waals surface area contributed by atoms with Crippen molar-refractivity contribution < 1.29 is 4.92 Å². The van der Waals surface area contributed by atoms with Crippen LogP contribution >= 0.6 is 0 Å². The van der Waals surface area contributed by atoms with E-state index in [-0.39, 0.29) is 5.69 Å². The van der Waals surface area contributed by atoms with Gasteiger partial charge >= 0.3 is 0 Å². The van der Waals surface area contributed by atoms with Gasteiger partial charge in [0.1, 0.15) is 0 Å². The van der Waals surface area contributed by atoms with Gasteiger partial charge in [0.15, 0.2) is 5.65 Å². The predicted molar refractivity (Wildman–Crippen MR) is 78.3 cm³/mol. The second kappa shape index (κ2) is 5.58. The number of fused-ring (bicyclic) bond motifs is 1. The van der Waals surface area contributed by atoms with Gasteiger partial charge in [0.25, 0.3) is 5.69 Å². The molecule has 1 aromatic carbocycles. The van der Waals surface area contributed by atoms with Crippen LogP contribution < -0.4 is 5.32 Å². The van der Waals surface area contributed by atoms with Crippen LogP contribution in [0.15, 0.2) is 48.7 Å². The molecule has 3 rings (SSSR count). The Morgan fingerprint density at radius 3 is 2.71 bits per heavy atom. The minimum atomic E-state index is -0.400. The van der Waals surface area contributed by atoms with E-state index in [0.29, 0.717) is 12.5 Å². The van der Waals surface area contributed by atoms with Crippen molar-refractivity contribution in [1.29, 1.82) is 0 Å². The van der Waals surface area contributed by atoms with E-state index in [1.807, 2.05) is 24.4 Å². The molecule has 0 atom stereocenters. The van der Waals surface area contributed by atoms with Crippen molar-refractivity contribution in [2.45, 2.75) is 6.42 Å². The molecule has 2 heterocycles. The van der Waals surface area contributed by atoms with Crippen LogP contribution in [0.5, 0.6) is 0 Å². The SMILES string of the molecule is O=[N+]([O-])c1ccc(CCNc2nc3ccccn3n2)cc1. The molecule has 0 amide bonds. The Hall–Kier alpha value is -2.96. The molecular weight excluding hydrogens is 270 g/mol. The van der Waals surface area contributed by atoms with E-state index in [9.17, 15) is 10.1 Å². The molecule has 7 heteroatoms. The van der Waals surface area contributed by atoms with Crippen LogP contribution in [0, 0.1) is 10.1 Å². The largest absolute Gasteiger partial charge is 0.353 e. The van der Waals surface area contributed by atoms with Crippen LogP contribution in [-0.2, 0) is 6.42 Å². The van der Waals surface area contributed by atoms with E-state index in [1.54, 1.807) is 16.6 Å². The maximum absolute atomic E-state index is 10.6. The second-order valence-electron chi connectivity index (χ2n) is 4.54. The number of pyridine rings is 1. The Balaban J connectivity index is 1.59. The highest BCUT2D eigenvalue weighted by molar-refractivity contribution is 5.43. The molecule has 1 N–H and O–H groups in total. The first-order valence-electron chi connectivity index (χ1n) is 6.51. The maximum atomic E-state index is 10.6. The summed E-state index contributed by atoms with van der Waals surface area (Å²) in [7, 11) is 0. The zero-order valence-electron chi connectivity index (χ0n) is 11.1. The Morgan fingerprint density at radius 1 is 1.19 bits per heavy atom. The number of anilines is 1. The summed E-state index contributed by atoms with van der Waals surface area (Å²) in [5.41, 5.74) is 1.92. The topological polar surface area (TPSA) is 85.4 Å². The number of nitro groups is 1. The summed E-state index contributed by atoms with van der Waals surface area (Å²) >= 11 is 0. The lowest BCUT2D eigenvalue weighted by molar-refractivity contribution is -0.384. The van der Waals surface area contributed by atoms with Crippen molar-refractivity contribution in [2.75, 3.05) is 11.9 Å². The fourth-order valence-corrected chi connectivity index (χ4v) is 2.01. The lowest BCUT2D eigenvalue weighted by atomic mass is 10.1. The normalized spacial score (nSPS) is 10.7. The van der Waals surface area contributed by atoms with E-state index in [0.717, 1.165) is 17.6 Å². The molecule has 3 aromatic rings. The average molecular weight is 283 g/mol. The zero-order valence-corrected chi connectivity index (χ0v) is 11.1. The first-order valence-corrected chi connectivity index (χ1v) is 6.51. The number of benzene rings is 1. The standard InChI is InChI=1S/C14H13N5O2/c20-19(21)12-6-4-11(5-7-12)8-9-15-14-16-13-3-1-2-10-18(13)17-14/h1-7,10H,8-9H2,(H,15,17). The number of nitrogens with zero attached hydrogens (tertiary/aromatic N) is 4. The first kappa shape index (κ1) is 13.0. The molecule has 106 valence electrons. The van der Waals surface area contributed by atoms with Crippen molar-refractivity contribution in [3.05, 3.63) is 64.3 Å². The monoisotopic (exact) mass is 283 g/mol. The number of aromatic nitrogens is 3. The molecule has 0 spiro atoms. The second-order valence-corrected chi connectivity index (χ2v) is 4.54. The summed E-state index contributed by atoms with van der Waals surface area (Å²) in [5, 5.41) is 18.0. The van der Waals surface area contributed by atoms with Crippen molar-refractivity contribution in [3.63, 3.8) is 0 Å². The molecule has 2 aromatic heterocycles. The molecule has 0 fully saturated rings. The Kier molecular flexibility index (Phi) is 3.46. The minimum absolute atomic E-state index is 0.105. The highest BCUT2D eigenvalue weighted by Gasteiger charge is 2.05. The van der Waals surface area contributed by atoms with Gasteiger partial charge in [-0.1, -0.05) is 18.2 Å². The molecule has 7 nitrogen and oxygen atoms in total. The van der Waals surface area contributed by atoms with Gasteiger partial charge in [-0.15, -0.1) is 5.10 Å². The number of non-ortho nitro benzene ring substituents is 1. The molecule has 0 aliphatic rings. The third kappa shape index (κ3) is 2.97. The van der Waals surface area contributed by atoms with Gasteiger partial charge in [-0.3, -0.25) is 10.1 Å². The Bertz CT molecular complexity index is 733. The Morgan fingerprint density at radius 2 is 2.00 bits per heavy atom. The summed E-state index contributed by atoms with van der Waals surface area (Å²) in [4.78, 5) is 14.5. The average Bonchev–Trinajstić information content (AvgIpc) is 2.90. The van der Waals surface area contributed by atoms with Gasteiger partial charge in [-0.25, -0.2) is 4.52 Å². The number of hydrogen-bond donors (Lipinski definition) is 1. The van der Waals surface area contributed by atoms with Crippen LogP contribution in [0.25, 0.3) is 5.65 Å². The lowest BCUT2D eigenvalue weighted by Crippen LogP contribution is -2.06. The number of nitro benzene ring substituents is 1. The molecule has 0 saturated heterocycles. The van der Waals surface area contributed by atoms with Crippen LogP contribution in [0.4, 0.5) is 11.6 Å². The van der Waals surface area contributed by atoms with E-state index in [1.165, 1.54) is 12.1 Å². The highest BCUT2D eigenvalue weighted by Crippen LogP contribution is 2.12. The number of hydrogen-bond acceptors (Lipinski definition) is 5. The third-order valence-electron chi connectivity index (χ3n) is 3.09. The quantitative estimate of drug-likeness (QED) is 0.573. The fraction of sp³-hybridized carbons (Fsp3) is 0.143. The molecule has 0 saturated carbocycles. The summed E-state index contributed by atoms with van der Waals surface area (Å²) in [5.74, 6) is 0.572. The smallest absolute Gasteiger partial charge is 0.269 e. The van der Waals surface area contributed by atoms with Gasteiger partial charge in [0.2, 0.25) is 5.95 Å². The fourth-order valence-electron chi connectivity index (χ4n) is 2.01. The molecule has 0 bridgehead atoms. The van der Waals surface area contributed by atoms with Gasteiger partial charge in [0, 0.05) is 24.9 Å². The summed E-state index contributed by atoms with van der Waals surface area (Å²) in [6, 6.07) is 12.2. The molecule has 0 aliphatic heterocycles. The van der Waals surface area contributed by atoms with Crippen LogP contribution in [0.1, 0.15) is 5.56 Å². The van der Waals surface area contributed by atoms with Gasteiger partial charge < -0.3 is 5.32 Å². The first-order chi connectivity index (χ1) is 10.2. The summed E-state index contributed by atoms with van der Waals surface area (Å²) in [6.07, 6.45) is 2.58. The van der Waals surface area contributed by atoms with Gasteiger partial charge in [-0.2, -0.15) is 4.98 Å². The van der Waals surface area contributed by atoms with Crippen LogP contribution in [0.3, 0.4) is 0 Å². The van der Waals surface area contributed by atoms with Crippen molar-refractivity contribution in [3.8, 4) is 0 Å². The Labute approximate surface area is 120 Å². The van der Waals surface area contributed by atoms with E-state index in [4.69, 9.17) is 0 Å². The van der Waals surface area contributed by atoms with Crippen molar-refractivity contribution in [1.82, 2.24) is 14.6 Å². The molecule has 21 heavy (non-hydrogen) atoms. The molecule has 0 aliphatic carbocycles. The van der Waals surface area contributed by atoms with Crippen LogP contribution in [0.2, 0.25) is 0 Å². The summed E-state index contributed by atoms with van der Waals surface area (Å²) < 4.78 is 1.70. The zero-order chi connectivity index (χ0) is 14.7. The van der Waals surface area contributed by atoms with Crippen molar-refractivity contribution >= 4 is 17.3 Å². The van der Waals surface area contributed by atoms with Crippen LogP contribution in [-0.4, -0.2) is 26.1 Å². The minimum Gasteiger partial charge on any atom is -0.353 e. The molecular formula is C14H13N5O2. The van der Waals surface area contributed by atoms with Crippen molar-refractivity contribution in [2.24, 2.45) is 0 Å². The molecule has 0 radical (unpaired) electrons. The lowest BCUT2D eigenvalue weighted by Gasteiger charge is -2.02. The predicted octanol–water partition coefficient (Wildman–Crippen LogP) is 2.29. The number of rotatable bonds is 5.